The van der Waals surface area contributed by atoms with Crippen LogP contribution in [0.25, 0.3) is 11.0 Å². The minimum absolute atomic E-state index is 0.152. The number of methoxy groups -OCH3 is 2. The smallest absolute Gasteiger partial charge is 0.253 e. The first-order chi connectivity index (χ1) is 10.7. The Hall–Kier alpha value is -2.89. The van der Waals surface area contributed by atoms with E-state index < -0.39 is 0 Å². The van der Waals surface area contributed by atoms with E-state index >= 15 is 0 Å². The highest BCUT2D eigenvalue weighted by Gasteiger charge is 2.13. The van der Waals surface area contributed by atoms with Gasteiger partial charge < -0.3 is 9.47 Å². The Morgan fingerprint density at radius 1 is 1.09 bits per heavy atom. The van der Waals surface area contributed by atoms with Crippen LogP contribution in [0.3, 0.4) is 0 Å². The van der Waals surface area contributed by atoms with Crippen molar-refractivity contribution in [1.29, 1.82) is 0 Å². The Morgan fingerprint density at radius 2 is 1.86 bits per heavy atom. The summed E-state index contributed by atoms with van der Waals surface area (Å²) in [5.41, 5.74) is 2.22. The van der Waals surface area contributed by atoms with Gasteiger partial charge in [-0.05, 0) is 29.8 Å². The molecule has 0 unspecified atom stereocenters. The average Bonchev–Trinajstić information content (AvgIpc) is 2.98. The van der Waals surface area contributed by atoms with Gasteiger partial charge in [-0.1, -0.05) is 23.4 Å². The van der Waals surface area contributed by atoms with Gasteiger partial charge in [0.15, 0.2) is 11.5 Å². The quantitative estimate of drug-likeness (QED) is 0.739. The molecule has 0 N–H and O–H groups in total. The van der Waals surface area contributed by atoms with Crippen LogP contribution in [0.5, 0.6) is 11.5 Å². The monoisotopic (exact) mass is 297 g/mol. The Balaban J connectivity index is 1.88. The highest BCUT2D eigenvalue weighted by molar-refractivity contribution is 5.89. The molecule has 0 aliphatic rings. The first kappa shape index (κ1) is 14.1. The lowest BCUT2D eigenvalue weighted by Crippen LogP contribution is -2.15. The minimum atomic E-state index is -0.152. The fourth-order valence-corrected chi connectivity index (χ4v) is 2.29. The number of hydrogen-bond acceptors (Lipinski definition) is 5. The van der Waals surface area contributed by atoms with Gasteiger partial charge in [0.1, 0.15) is 5.52 Å². The molecule has 0 aliphatic carbocycles. The molecule has 6 heteroatoms. The minimum Gasteiger partial charge on any atom is -0.493 e. The van der Waals surface area contributed by atoms with Gasteiger partial charge in [-0.25, -0.2) is 0 Å². The third-order valence-corrected chi connectivity index (χ3v) is 3.39. The van der Waals surface area contributed by atoms with Crippen LogP contribution in [0.2, 0.25) is 0 Å². The number of ether oxygens (including phenoxy) is 2. The largest absolute Gasteiger partial charge is 0.493 e. The Labute approximate surface area is 127 Å². The van der Waals surface area contributed by atoms with Crippen LogP contribution in [0.4, 0.5) is 0 Å². The number of aromatic nitrogens is 3. The van der Waals surface area contributed by atoms with E-state index in [9.17, 15) is 4.79 Å². The summed E-state index contributed by atoms with van der Waals surface area (Å²) in [5, 5.41) is 7.92. The lowest BCUT2D eigenvalue weighted by molar-refractivity contribution is 0.0901. The van der Waals surface area contributed by atoms with Crippen molar-refractivity contribution in [3.63, 3.8) is 0 Å². The lowest BCUT2D eigenvalue weighted by Gasteiger charge is -2.09. The van der Waals surface area contributed by atoms with Crippen molar-refractivity contribution in [3.8, 4) is 11.5 Å². The number of benzene rings is 2. The van der Waals surface area contributed by atoms with Crippen LogP contribution in [-0.2, 0) is 6.42 Å². The zero-order chi connectivity index (χ0) is 15.5. The van der Waals surface area contributed by atoms with Crippen LogP contribution in [0, 0.1) is 0 Å². The highest BCUT2D eigenvalue weighted by Crippen LogP contribution is 2.27. The molecular weight excluding hydrogens is 282 g/mol. The van der Waals surface area contributed by atoms with Crippen molar-refractivity contribution >= 4 is 16.9 Å². The van der Waals surface area contributed by atoms with Crippen molar-refractivity contribution < 1.29 is 14.3 Å². The van der Waals surface area contributed by atoms with Gasteiger partial charge in [0.05, 0.1) is 26.2 Å². The predicted octanol–water partition coefficient (Wildman–Crippen LogP) is 2.33. The molecule has 0 fully saturated rings. The van der Waals surface area contributed by atoms with Crippen molar-refractivity contribution in [2.24, 2.45) is 0 Å². The van der Waals surface area contributed by atoms with E-state index in [4.69, 9.17) is 9.47 Å². The van der Waals surface area contributed by atoms with Gasteiger partial charge in [-0.3, -0.25) is 4.79 Å². The first-order valence-corrected chi connectivity index (χ1v) is 6.77. The molecule has 0 radical (unpaired) electrons. The molecule has 0 saturated heterocycles. The van der Waals surface area contributed by atoms with E-state index in [0.29, 0.717) is 22.5 Å². The number of carbonyl (C=O) groups excluding carboxylic acids is 1. The van der Waals surface area contributed by atoms with E-state index in [1.165, 1.54) is 4.68 Å². The van der Waals surface area contributed by atoms with Gasteiger partial charge in [-0.2, -0.15) is 4.68 Å². The van der Waals surface area contributed by atoms with Crippen molar-refractivity contribution in [2.75, 3.05) is 14.2 Å². The molecule has 2 aromatic carbocycles. The summed E-state index contributed by atoms with van der Waals surface area (Å²) >= 11 is 0. The molecule has 1 heterocycles. The van der Waals surface area contributed by atoms with E-state index in [1.807, 2.05) is 30.3 Å². The topological polar surface area (TPSA) is 66.2 Å². The van der Waals surface area contributed by atoms with Gasteiger partial charge in [0, 0.05) is 0 Å². The third-order valence-electron chi connectivity index (χ3n) is 3.39. The predicted molar refractivity (Wildman–Crippen MR) is 81.4 cm³/mol. The van der Waals surface area contributed by atoms with Crippen molar-refractivity contribution in [1.82, 2.24) is 15.0 Å². The molecule has 3 rings (SSSR count). The molecular formula is C16H15N3O3. The molecule has 1 aromatic heterocycles. The van der Waals surface area contributed by atoms with Crippen LogP contribution in [-0.4, -0.2) is 35.1 Å². The maximum atomic E-state index is 12.4. The third kappa shape index (κ3) is 2.50. The summed E-state index contributed by atoms with van der Waals surface area (Å²) < 4.78 is 11.8. The van der Waals surface area contributed by atoms with Crippen molar-refractivity contribution in [3.05, 3.63) is 48.0 Å². The van der Waals surface area contributed by atoms with Gasteiger partial charge in [0.25, 0.3) is 5.91 Å². The lowest BCUT2D eigenvalue weighted by atomic mass is 10.1. The standard InChI is InChI=1S/C16H15N3O3/c1-21-14-8-7-11(9-15(14)22-2)10-16(20)19-13-6-4-3-5-12(13)17-18-19/h3-9H,10H2,1-2H3. The van der Waals surface area contributed by atoms with E-state index in [0.717, 1.165) is 5.56 Å². The summed E-state index contributed by atoms with van der Waals surface area (Å²) in [6, 6.07) is 12.8. The molecule has 0 amide bonds. The molecule has 22 heavy (non-hydrogen) atoms. The summed E-state index contributed by atoms with van der Waals surface area (Å²) in [7, 11) is 3.14. The van der Waals surface area contributed by atoms with Crippen LogP contribution < -0.4 is 9.47 Å². The van der Waals surface area contributed by atoms with E-state index in [2.05, 4.69) is 10.3 Å². The SMILES string of the molecule is COc1ccc(CC(=O)n2nnc3ccccc32)cc1OC. The van der Waals surface area contributed by atoms with Crippen LogP contribution in [0.15, 0.2) is 42.5 Å². The second kappa shape index (κ2) is 5.85. The highest BCUT2D eigenvalue weighted by atomic mass is 16.5. The van der Waals surface area contributed by atoms with Gasteiger partial charge in [-0.15, -0.1) is 5.10 Å². The zero-order valence-electron chi connectivity index (χ0n) is 12.3. The number of hydrogen-bond donors (Lipinski definition) is 0. The molecule has 0 saturated carbocycles. The number of fused-ring (bicyclic) bond motifs is 1. The maximum Gasteiger partial charge on any atom is 0.253 e. The zero-order valence-corrected chi connectivity index (χ0v) is 12.3. The molecule has 0 atom stereocenters. The molecule has 0 bridgehead atoms. The first-order valence-electron chi connectivity index (χ1n) is 6.77. The molecule has 3 aromatic rings. The normalized spacial score (nSPS) is 10.6. The van der Waals surface area contributed by atoms with Gasteiger partial charge in [0.2, 0.25) is 0 Å². The van der Waals surface area contributed by atoms with Crippen LogP contribution >= 0.6 is 0 Å². The second-order valence-corrected chi connectivity index (χ2v) is 4.75. The number of nitrogens with zero attached hydrogens (tertiary/aromatic N) is 3. The van der Waals surface area contributed by atoms with E-state index in [-0.39, 0.29) is 12.3 Å². The van der Waals surface area contributed by atoms with E-state index in [1.54, 1.807) is 26.4 Å². The maximum absolute atomic E-state index is 12.4. The molecule has 6 nitrogen and oxygen atoms in total. The average molecular weight is 297 g/mol. The second-order valence-electron chi connectivity index (χ2n) is 4.75. The summed E-state index contributed by atoms with van der Waals surface area (Å²) in [4.78, 5) is 12.4. The Morgan fingerprint density at radius 3 is 2.64 bits per heavy atom. The summed E-state index contributed by atoms with van der Waals surface area (Å²) in [6.07, 6.45) is 0.202. The summed E-state index contributed by atoms with van der Waals surface area (Å²) in [6.45, 7) is 0. The fraction of sp³-hybridized carbons (Fsp3) is 0.188. The molecule has 112 valence electrons. The fourth-order valence-electron chi connectivity index (χ4n) is 2.29. The molecule has 0 aliphatic heterocycles. The number of carbonyl (C=O) groups is 1. The van der Waals surface area contributed by atoms with Crippen molar-refractivity contribution in [2.45, 2.75) is 6.42 Å². The van der Waals surface area contributed by atoms with Gasteiger partial charge >= 0.3 is 0 Å². The number of rotatable bonds is 4. The Kier molecular flexibility index (Phi) is 3.74. The van der Waals surface area contributed by atoms with Crippen LogP contribution in [0.1, 0.15) is 10.4 Å². The Bertz CT molecular complexity index is 826. The summed E-state index contributed by atoms with van der Waals surface area (Å²) in [5.74, 6) is 1.07. The number of para-hydroxylation sites is 1. The molecule has 0 spiro atoms.